The summed E-state index contributed by atoms with van der Waals surface area (Å²) in [5.41, 5.74) is 5.97. The Morgan fingerprint density at radius 2 is 2.00 bits per heavy atom. The number of aromatic nitrogens is 1. The predicted octanol–water partition coefficient (Wildman–Crippen LogP) is 4.60. The van der Waals surface area contributed by atoms with E-state index in [0.29, 0.717) is 0 Å². The van der Waals surface area contributed by atoms with Gasteiger partial charge in [0.15, 0.2) is 0 Å². The van der Waals surface area contributed by atoms with Gasteiger partial charge in [-0.3, -0.25) is 0 Å². The molecule has 0 spiro atoms. The van der Waals surface area contributed by atoms with E-state index in [1.54, 1.807) is 11.3 Å². The van der Waals surface area contributed by atoms with E-state index in [1.165, 1.54) is 28.9 Å². The maximum absolute atomic E-state index is 4.28. The monoisotopic (exact) mass is 221 g/mol. The van der Waals surface area contributed by atoms with Gasteiger partial charge in [0, 0.05) is 0 Å². The molecule has 1 nitrogen and oxygen atoms in total. The van der Waals surface area contributed by atoms with Crippen molar-refractivity contribution in [2.45, 2.75) is 40.5 Å². The van der Waals surface area contributed by atoms with E-state index in [-0.39, 0.29) is 0 Å². The van der Waals surface area contributed by atoms with Crippen LogP contribution in [0, 0.1) is 6.92 Å². The molecular weight excluding hydrogens is 202 g/mol. The molecule has 1 aliphatic rings. The van der Waals surface area contributed by atoms with Crippen molar-refractivity contribution in [3.63, 3.8) is 0 Å². The lowest BCUT2D eigenvalue weighted by atomic mass is 9.97. The molecule has 2 rings (SSSR count). The first-order valence-corrected chi connectivity index (χ1v) is 6.44. The molecule has 0 saturated carbocycles. The van der Waals surface area contributed by atoms with Crippen LogP contribution in [0.5, 0.6) is 0 Å². The van der Waals surface area contributed by atoms with Crippen molar-refractivity contribution in [3.8, 4) is 0 Å². The Morgan fingerprint density at radius 1 is 1.27 bits per heavy atom. The summed E-state index contributed by atoms with van der Waals surface area (Å²) in [5, 5.41) is 0. The van der Waals surface area contributed by atoms with Crippen LogP contribution in [0.3, 0.4) is 0 Å². The second kappa shape index (κ2) is 5.86. The first-order chi connectivity index (χ1) is 7.29. The van der Waals surface area contributed by atoms with Gasteiger partial charge >= 0.3 is 0 Å². The molecule has 1 aromatic rings. The summed E-state index contributed by atoms with van der Waals surface area (Å²) in [6.45, 7) is 8.30. The fourth-order valence-corrected chi connectivity index (χ4v) is 2.52. The van der Waals surface area contributed by atoms with Crippen LogP contribution in [0.2, 0.25) is 0 Å². The Hall–Kier alpha value is -0.890. The van der Waals surface area contributed by atoms with Crippen LogP contribution in [0.4, 0.5) is 0 Å². The van der Waals surface area contributed by atoms with Crippen LogP contribution < -0.4 is 0 Å². The molecule has 2 heteroatoms. The van der Waals surface area contributed by atoms with Gasteiger partial charge in [-0.2, -0.15) is 0 Å². The number of hydrogen-bond donors (Lipinski definition) is 0. The highest BCUT2D eigenvalue weighted by molar-refractivity contribution is 7.11. The van der Waals surface area contributed by atoms with Crippen molar-refractivity contribution < 1.29 is 0 Å². The van der Waals surface area contributed by atoms with Gasteiger partial charge in [-0.15, -0.1) is 11.3 Å². The highest BCUT2D eigenvalue weighted by atomic mass is 32.1. The minimum Gasteiger partial charge on any atom is -0.249 e. The molecule has 1 aromatic heterocycles. The summed E-state index contributed by atoms with van der Waals surface area (Å²) < 4.78 is 0. The minimum absolute atomic E-state index is 1.16. The molecule has 0 aromatic carbocycles. The van der Waals surface area contributed by atoms with Gasteiger partial charge < -0.3 is 0 Å². The molecule has 0 bridgehead atoms. The quantitative estimate of drug-likeness (QED) is 0.675. The van der Waals surface area contributed by atoms with Gasteiger partial charge in [-0.25, -0.2) is 4.98 Å². The van der Waals surface area contributed by atoms with Crippen molar-refractivity contribution in [3.05, 3.63) is 33.8 Å². The highest BCUT2D eigenvalue weighted by Crippen LogP contribution is 2.31. The van der Waals surface area contributed by atoms with Gasteiger partial charge in [0.2, 0.25) is 0 Å². The van der Waals surface area contributed by atoms with Crippen molar-refractivity contribution in [1.29, 1.82) is 0 Å². The molecule has 0 N–H and O–H groups in total. The summed E-state index contributed by atoms with van der Waals surface area (Å²) in [5.74, 6) is 0. The van der Waals surface area contributed by atoms with E-state index < -0.39 is 0 Å². The Labute approximate surface area is 96.6 Å². The maximum Gasteiger partial charge on any atom is 0.0801 e. The molecule has 0 radical (unpaired) electrons. The summed E-state index contributed by atoms with van der Waals surface area (Å²) in [6, 6.07) is 0. The third-order valence-electron chi connectivity index (χ3n) is 2.42. The molecule has 0 saturated heterocycles. The summed E-state index contributed by atoms with van der Waals surface area (Å²) in [7, 11) is 0. The SMILES string of the molecule is CC.CC1=C(c2scnc2C)C=CCC1. The number of hydrogen-bond acceptors (Lipinski definition) is 2. The largest absolute Gasteiger partial charge is 0.249 e. The number of nitrogens with zero attached hydrogens (tertiary/aromatic N) is 1. The summed E-state index contributed by atoms with van der Waals surface area (Å²) >= 11 is 1.74. The Morgan fingerprint density at radius 3 is 2.53 bits per heavy atom. The van der Waals surface area contributed by atoms with Crippen LogP contribution in [0.25, 0.3) is 5.57 Å². The zero-order valence-corrected chi connectivity index (χ0v) is 10.8. The van der Waals surface area contributed by atoms with Crippen LogP contribution in [-0.2, 0) is 0 Å². The minimum atomic E-state index is 1.16. The molecule has 0 fully saturated rings. The fraction of sp³-hybridized carbons (Fsp3) is 0.462. The highest BCUT2D eigenvalue weighted by Gasteiger charge is 2.10. The molecule has 0 atom stereocenters. The number of thiazole rings is 1. The maximum atomic E-state index is 4.28. The van der Waals surface area contributed by atoms with E-state index in [2.05, 4.69) is 31.0 Å². The molecule has 1 aliphatic carbocycles. The van der Waals surface area contributed by atoms with E-state index in [4.69, 9.17) is 0 Å². The molecular formula is C13H19NS. The van der Waals surface area contributed by atoms with Gasteiger partial charge in [0.1, 0.15) is 0 Å². The summed E-state index contributed by atoms with van der Waals surface area (Å²) in [4.78, 5) is 5.62. The lowest BCUT2D eigenvalue weighted by Crippen LogP contribution is -1.91. The van der Waals surface area contributed by atoms with Crippen LogP contribution in [0.1, 0.15) is 44.2 Å². The van der Waals surface area contributed by atoms with E-state index in [1.807, 2.05) is 19.4 Å². The number of rotatable bonds is 1. The van der Waals surface area contributed by atoms with Crippen LogP contribution in [0.15, 0.2) is 23.2 Å². The normalized spacial score (nSPS) is 14.9. The second-order valence-electron chi connectivity index (χ2n) is 3.40. The molecule has 0 amide bonds. The second-order valence-corrected chi connectivity index (χ2v) is 4.26. The average Bonchev–Trinajstić information content (AvgIpc) is 2.68. The third kappa shape index (κ3) is 2.78. The van der Waals surface area contributed by atoms with Crippen LogP contribution in [-0.4, -0.2) is 4.98 Å². The molecule has 82 valence electrons. The zero-order valence-electron chi connectivity index (χ0n) is 10.0. The van der Waals surface area contributed by atoms with E-state index in [9.17, 15) is 0 Å². The van der Waals surface area contributed by atoms with Gasteiger partial charge in [-0.1, -0.05) is 31.6 Å². The van der Waals surface area contributed by atoms with Crippen LogP contribution >= 0.6 is 11.3 Å². The van der Waals surface area contributed by atoms with Crippen molar-refractivity contribution in [2.24, 2.45) is 0 Å². The first-order valence-electron chi connectivity index (χ1n) is 5.56. The lowest BCUT2D eigenvalue weighted by Gasteiger charge is -2.11. The number of aryl methyl sites for hydroxylation is 1. The molecule has 0 unspecified atom stereocenters. The Balaban J connectivity index is 0.000000531. The smallest absolute Gasteiger partial charge is 0.0801 e. The molecule has 15 heavy (non-hydrogen) atoms. The number of allylic oxidation sites excluding steroid dienone is 4. The predicted molar refractivity (Wildman–Crippen MR) is 69.2 cm³/mol. The standard InChI is InChI=1S/C11H13NS.C2H6/c1-8-5-3-4-6-10(8)11-9(2)12-7-13-11;1-2/h4,6-7H,3,5H2,1-2H3;1-2H3. The fourth-order valence-electron chi connectivity index (χ4n) is 1.61. The van der Waals surface area contributed by atoms with E-state index >= 15 is 0 Å². The zero-order chi connectivity index (χ0) is 11.3. The Kier molecular flexibility index (Phi) is 4.76. The van der Waals surface area contributed by atoms with Gasteiger partial charge in [0.25, 0.3) is 0 Å². The third-order valence-corrected chi connectivity index (χ3v) is 3.38. The Bertz CT molecular complexity index is 372. The molecule has 0 aliphatic heterocycles. The van der Waals surface area contributed by atoms with Crippen molar-refractivity contribution in [2.75, 3.05) is 0 Å². The van der Waals surface area contributed by atoms with Crippen molar-refractivity contribution in [1.82, 2.24) is 4.98 Å². The average molecular weight is 221 g/mol. The van der Waals surface area contributed by atoms with Gasteiger partial charge in [-0.05, 0) is 32.3 Å². The molecule has 1 heterocycles. The lowest BCUT2D eigenvalue weighted by molar-refractivity contribution is 0.967. The topological polar surface area (TPSA) is 12.9 Å². The van der Waals surface area contributed by atoms with Gasteiger partial charge in [0.05, 0.1) is 16.1 Å². The first kappa shape index (κ1) is 12.2. The van der Waals surface area contributed by atoms with E-state index in [0.717, 1.165) is 5.69 Å². The van der Waals surface area contributed by atoms with Crippen molar-refractivity contribution >= 4 is 16.9 Å². The summed E-state index contributed by atoms with van der Waals surface area (Å²) in [6.07, 6.45) is 6.87.